The number of hydrogen-bond acceptors (Lipinski definition) is 5. The quantitative estimate of drug-likeness (QED) is 0.485. The lowest BCUT2D eigenvalue weighted by Gasteiger charge is -2.19. The minimum absolute atomic E-state index is 0.321. The third kappa shape index (κ3) is 4.69. The molecule has 0 fully saturated rings. The van der Waals surface area contributed by atoms with Gasteiger partial charge >= 0.3 is 0 Å². The first-order valence-corrected chi connectivity index (χ1v) is 10.3. The number of methoxy groups -OCH3 is 1. The molecule has 1 heterocycles. The summed E-state index contributed by atoms with van der Waals surface area (Å²) in [5.74, 6) is 2.65. The molecule has 0 atom stereocenters. The molecule has 4 rings (SSSR count). The van der Waals surface area contributed by atoms with Crippen molar-refractivity contribution in [2.75, 3.05) is 25.6 Å². The lowest BCUT2D eigenvalue weighted by atomic mass is 10.1. The second-order valence-corrected chi connectivity index (χ2v) is 7.50. The zero-order valence-electron chi connectivity index (χ0n) is 16.4. The van der Waals surface area contributed by atoms with E-state index in [1.807, 2.05) is 48.5 Å². The highest BCUT2D eigenvalue weighted by atomic mass is 35.5. The fraction of sp³-hybridized carbons (Fsp3) is 0.217. The Morgan fingerprint density at radius 1 is 0.867 bits per heavy atom. The summed E-state index contributed by atoms with van der Waals surface area (Å²) in [6.45, 7) is 1.95. The number of ether oxygens (including phenoxy) is 4. The van der Waals surface area contributed by atoms with Crippen LogP contribution in [0, 0.1) is 0 Å². The zero-order valence-corrected chi connectivity index (χ0v) is 17.9. The monoisotopic (exact) mass is 445 g/mol. The lowest BCUT2D eigenvalue weighted by Crippen LogP contribution is -2.15. The van der Waals surface area contributed by atoms with Gasteiger partial charge in [-0.2, -0.15) is 0 Å². The molecular weight excluding hydrogens is 425 g/mol. The Labute approximate surface area is 185 Å². The van der Waals surface area contributed by atoms with Crippen molar-refractivity contribution in [1.29, 1.82) is 0 Å². The molecule has 3 aromatic carbocycles. The normalized spacial score (nSPS) is 12.4. The summed E-state index contributed by atoms with van der Waals surface area (Å²) in [5.41, 5.74) is 2.68. The van der Waals surface area contributed by atoms with Crippen molar-refractivity contribution in [3.8, 4) is 23.0 Å². The van der Waals surface area contributed by atoms with Gasteiger partial charge in [-0.1, -0.05) is 41.4 Å². The van der Waals surface area contributed by atoms with Gasteiger partial charge in [0.25, 0.3) is 0 Å². The second-order valence-electron chi connectivity index (χ2n) is 6.69. The van der Waals surface area contributed by atoms with Crippen molar-refractivity contribution >= 4 is 28.9 Å². The molecule has 0 saturated heterocycles. The number of rotatable bonds is 7. The van der Waals surface area contributed by atoms with E-state index in [2.05, 4.69) is 5.32 Å². The van der Waals surface area contributed by atoms with Crippen LogP contribution in [-0.2, 0) is 13.2 Å². The number of halogens is 2. The van der Waals surface area contributed by atoms with E-state index in [-0.39, 0.29) is 0 Å². The summed E-state index contributed by atoms with van der Waals surface area (Å²) in [6.07, 6.45) is 0. The molecular formula is C23H21Cl2NO4. The average molecular weight is 446 g/mol. The van der Waals surface area contributed by atoms with Crippen molar-refractivity contribution in [2.24, 2.45) is 0 Å². The standard InChI is InChI=1S/C23H21Cl2NO4/c1-27-21-10-16(13-26-17-6-7-20-22(11-17)29-9-8-28-20)19(25)12-23(21)30-14-15-4-2-3-5-18(15)24/h2-7,10-12,26H,8-9,13-14H2,1H3. The molecule has 0 amide bonds. The Balaban J connectivity index is 1.46. The average Bonchev–Trinajstić information content (AvgIpc) is 2.77. The van der Waals surface area contributed by atoms with E-state index in [4.69, 9.17) is 42.1 Å². The van der Waals surface area contributed by atoms with Crippen LogP contribution >= 0.6 is 23.2 Å². The summed E-state index contributed by atoms with van der Waals surface area (Å²) in [6, 6.07) is 16.9. The third-order valence-electron chi connectivity index (χ3n) is 4.70. The Bertz CT molecular complexity index is 1040. The Hall–Kier alpha value is -2.76. The predicted octanol–water partition coefficient (Wildman–Crippen LogP) is 5.96. The number of benzene rings is 3. The minimum atomic E-state index is 0.321. The molecule has 30 heavy (non-hydrogen) atoms. The molecule has 0 aromatic heterocycles. The summed E-state index contributed by atoms with van der Waals surface area (Å²) in [4.78, 5) is 0. The van der Waals surface area contributed by atoms with E-state index in [1.54, 1.807) is 13.2 Å². The van der Waals surface area contributed by atoms with Crippen molar-refractivity contribution in [3.05, 3.63) is 75.8 Å². The number of hydrogen-bond donors (Lipinski definition) is 1. The van der Waals surface area contributed by atoms with Crippen LogP contribution in [0.2, 0.25) is 10.0 Å². The first kappa shape index (κ1) is 20.5. The predicted molar refractivity (Wildman–Crippen MR) is 119 cm³/mol. The van der Waals surface area contributed by atoms with Gasteiger partial charge in [-0.3, -0.25) is 0 Å². The van der Waals surface area contributed by atoms with E-state index >= 15 is 0 Å². The zero-order chi connectivity index (χ0) is 20.9. The molecule has 0 bridgehead atoms. The van der Waals surface area contributed by atoms with Crippen LogP contribution in [0.4, 0.5) is 5.69 Å². The largest absolute Gasteiger partial charge is 0.493 e. The summed E-state index contributed by atoms with van der Waals surface area (Å²) < 4.78 is 22.6. The molecule has 1 aliphatic heterocycles. The van der Waals surface area contributed by atoms with Crippen LogP contribution in [0.1, 0.15) is 11.1 Å². The van der Waals surface area contributed by atoms with Gasteiger partial charge in [0.2, 0.25) is 0 Å². The van der Waals surface area contributed by atoms with Crippen molar-refractivity contribution < 1.29 is 18.9 Å². The van der Waals surface area contributed by atoms with Crippen molar-refractivity contribution in [1.82, 2.24) is 0 Å². The number of fused-ring (bicyclic) bond motifs is 1. The van der Waals surface area contributed by atoms with E-state index in [1.165, 1.54) is 0 Å². The van der Waals surface area contributed by atoms with E-state index in [0.717, 1.165) is 28.3 Å². The van der Waals surface area contributed by atoms with E-state index < -0.39 is 0 Å². The van der Waals surface area contributed by atoms with Crippen LogP contribution in [0.25, 0.3) is 0 Å². The van der Waals surface area contributed by atoms with Crippen molar-refractivity contribution in [2.45, 2.75) is 13.2 Å². The smallest absolute Gasteiger partial charge is 0.163 e. The highest BCUT2D eigenvalue weighted by molar-refractivity contribution is 6.31. The lowest BCUT2D eigenvalue weighted by molar-refractivity contribution is 0.171. The minimum Gasteiger partial charge on any atom is -0.493 e. The Kier molecular flexibility index (Phi) is 6.41. The molecule has 7 heteroatoms. The molecule has 3 aromatic rings. The molecule has 1 aliphatic rings. The van der Waals surface area contributed by atoms with E-state index in [0.29, 0.717) is 47.9 Å². The highest BCUT2D eigenvalue weighted by Gasteiger charge is 2.14. The van der Waals surface area contributed by atoms with Crippen molar-refractivity contribution in [3.63, 3.8) is 0 Å². The third-order valence-corrected chi connectivity index (χ3v) is 5.42. The van der Waals surface area contributed by atoms with Gasteiger partial charge in [0.05, 0.1) is 7.11 Å². The number of nitrogens with one attached hydrogen (secondary N) is 1. The van der Waals surface area contributed by atoms with Gasteiger partial charge in [-0.05, 0) is 29.8 Å². The second kappa shape index (κ2) is 9.37. The molecule has 0 unspecified atom stereocenters. The molecule has 0 aliphatic carbocycles. The maximum Gasteiger partial charge on any atom is 0.163 e. The maximum atomic E-state index is 6.51. The molecule has 0 saturated carbocycles. The van der Waals surface area contributed by atoms with Crippen LogP contribution in [0.5, 0.6) is 23.0 Å². The van der Waals surface area contributed by atoms with Gasteiger partial charge in [0.1, 0.15) is 19.8 Å². The van der Waals surface area contributed by atoms with Crippen LogP contribution in [0.3, 0.4) is 0 Å². The SMILES string of the molecule is COc1cc(CNc2ccc3c(c2)OCCO3)c(Cl)cc1OCc1ccccc1Cl. The van der Waals surface area contributed by atoms with Gasteiger partial charge in [0, 0.05) is 40.0 Å². The Morgan fingerprint density at radius 3 is 2.47 bits per heavy atom. The molecule has 156 valence electrons. The first-order chi connectivity index (χ1) is 14.6. The van der Waals surface area contributed by atoms with E-state index in [9.17, 15) is 0 Å². The van der Waals surface area contributed by atoms with Gasteiger partial charge in [-0.25, -0.2) is 0 Å². The maximum absolute atomic E-state index is 6.51. The fourth-order valence-corrected chi connectivity index (χ4v) is 3.52. The first-order valence-electron chi connectivity index (χ1n) is 9.50. The Morgan fingerprint density at radius 2 is 1.67 bits per heavy atom. The van der Waals surface area contributed by atoms with Crippen LogP contribution in [-0.4, -0.2) is 20.3 Å². The molecule has 1 N–H and O–H groups in total. The van der Waals surface area contributed by atoms with Gasteiger partial charge in [0.15, 0.2) is 23.0 Å². The van der Waals surface area contributed by atoms with Gasteiger partial charge < -0.3 is 24.3 Å². The summed E-state index contributed by atoms with van der Waals surface area (Å²) in [5, 5.41) is 4.59. The van der Waals surface area contributed by atoms with Crippen LogP contribution < -0.4 is 24.3 Å². The van der Waals surface area contributed by atoms with Gasteiger partial charge in [-0.15, -0.1) is 0 Å². The van der Waals surface area contributed by atoms with Crippen LogP contribution in [0.15, 0.2) is 54.6 Å². The topological polar surface area (TPSA) is 49.0 Å². The number of anilines is 1. The highest BCUT2D eigenvalue weighted by Crippen LogP contribution is 2.36. The molecule has 0 radical (unpaired) electrons. The molecule has 5 nitrogen and oxygen atoms in total. The fourth-order valence-electron chi connectivity index (χ4n) is 3.11. The summed E-state index contributed by atoms with van der Waals surface area (Å²) >= 11 is 12.7. The summed E-state index contributed by atoms with van der Waals surface area (Å²) in [7, 11) is 1.60. The molecule has 0 spiro atoms.